The molecule has 3 aromatic rings. The normalized spacial score (nSPS) is 17.2. The summed E-state index contributed by atoms with van der Waals surface area (Å²) in [6.07, 6.45) is 8.03. The number of phenols is 2. The van der Waals surface area contributed by atoms with E-state index in [9.17, 15) is 24.6 Å². The van der Waals surface area contributed by atoms with Crippen molar-refractivity contribution in [1.29, 1.82) is 0 Å². The second kappa shape index (κ2) is 18.6. The van der Waals surface area contributed by atoms with Crippen LogP contribution in [-0.2, 0) is 26.2 Å². The first-order valence-electron chi connectivity index (χ1n) is 19.5. The molecular formula is C42H55N5O7. The van der Waals surface area contributed by atoms with Gasteiger partial charge in [0.1, 0.15) is 17.2 Å². The minimum Gasteiger partial charge on any atom is -0.508 e. The van der Waals surface area contributed by atoms with E-state index in [1.54, 1.807) is 24.3 Å². The van der Waals surface area contributed by atoms with Crippen molar-refractivity contribution >= 4 is 23.4 Å². The number of hydrogen-bond donors (Lipinski definition) is 5. The number of benzene rings is 3. The van der Waals surface area contributed by atoms with Crippen LogP contribution >= 0.6 is 0 Å². The van der Waals surface area contributed by atoms with Gasteiger partial charge in [0.15, 0.2) is 12.4 Å². The monoisotopic (exact) mass is 741 g/mol. The van der Waals surface area contributed by atoms with Crippen LogP contribution in [0, 0.1) is 0 Å². The molecule has 6 rings (SSSR count). The van der Waals surface area contributed by atoms with Crippen LogP contribution in [0.1, 0.15) is 78.4 Å². The van der Waals surface area contributed by atoms with E-state index in [0.29, 0.717) is 49.6 Å². The third-order valence-electron chi connectivity index (χ3n) is 11.2. The Hall–Kier alpha value is -4.65. The Labute approximate surface area is 318 Å². The fourth-order valence-electron chi connectivity index (χ4n) is 8.14. The summed E-state index contributed by atoms with van der Waals surface area (Å²) in [7, 11) is 2.11. The predicted octanol–water partition coefficient (Wildman–Crippen LogP) is 4.57. The molecule has 0 unspecified atom stereocenters. The highest BCUT2D eigenvalue weighted by Gasteiger charge is 2.39. The van der Waals surface area contributed by atoms with E-state index in [1.165, 1.54) is 6.42 Å². The second-order valence-electron chi connectivity index (χ2n) is 14.8. The van der Waals surface area contributed by atoms with Crippen molar-refractivity contribution in [3.05, 3.63) is 82.9 Å². The average molecular weight is 742 g/mol. The van der Waals surface area contributed by atoms with E-state index < -0.39 is 0 Å². The van der Waals surface area contributed by atoms with Gasteiger partial charge in [0, 0.05) is 42.2 Å². The van der Waals surface area contributed by atoms with Crippen LogP contribution in [0.4, 0.5) is 5.69 Å². The third kappa shape index (κ3) is 9.52. The largest absolute Gasteiger partial charge is 0.508 e. The summed E-state index contributed by atoms with van der Waals surface area (Å²) in [4.78, 5) is 42.7. The van der Waals surface area contributed by atoms with Gasteiger partial charge in [-0.2, -0.15) is 0 Å². The molecule has 0 spiro atoms. The number of rotatable bonds is 16. The average Bonchev–Trinajstić information content (AvgIpc) is 3.19. The van der Waals surface area contributed by atoms with Gasteiger partial charge in [-0.25, -0.2) is 0 Å². The first kappa shape index (κ1) is 39.1. The summed E-state index contributed by atoms with van der Waals surface area (Å²) in [6.45, 7) is 4.43. The number of piperidine rings is 1. The van der Waals surface area contributed by atoms with Crippen LogP contribution in [0.15, 0.2) is 60.7 Å². The molecule has 1 saturated heterocycles. The van der Waals surface area contributed by atoms with Crippen molar-refractivity contribution in [3.8, 4) is 17.2 Å². The second-order valence-corrected chi connectivity index (χ2v) is 14.8. The summed E-state index contributed by atoms with van der Waals surface area (Å²) >= 11 is 0. The number of likely N-dealkylation sites (tertiary alicyclic amines) is 1. The number of amides is 3. The zero-order valence-electron chi connectivity index (χ0n) is 31.4. The van der Waals surface area contributed by atoms with Gasteiger partial charge in [-0.05, 0) is 94.2 Å². The number of hydrogen-bond acceptors (Lipinski definition) is 9. The molecule has 1 saturated carbocycles. The van der Waals surface area contributed by atoms with E-state index in [2.05, 4.69) is 40.0 Å². The van der Waals surface area contributed by atoms with E-state index >= 15 is 0 Å². The fourth-order valence-corrected chi connectivity index (χ4v) is 8.14. The number of fused-ring (bicyclic) bond motifs is 1. The van der Waals surface area contributed by atoms with Crippen LogP contribution in [0.25, 0.3) is 0 Å². The number of carbonyl (C=O) groups is 3. The third-order valence-corrected chi connectivity index (χ3v) is 11.2. The van der Waals surface area contributed by atoms with Crippen molar-refractivity contribution in [2.24, 2.45) is 0 Å². The summed E-state index contributed by atoms with van der Waals surface area (Å²) < 4.78 is 11.4. The summed E-state index contributed by atoms with van der Waals surface area (Å²) in [5.41, 5.74) is 3.24. The van der Waals surface area contributed by atoms with E-state index in [-0.39, 0.29) is 66.9 Å². The Morgan fingerprint density at radius 2 is 1.72 bits per heavy atom. The Bertz CT molecular complexity index is 1740. The summed E-state index contributed by atoms with van der Waals surface area (Å²) in [5, 5.41) is 30.2. The number of anilines is 1. The predicted molar refractivity (Wildman–Crippen MR) is 207 cm³/mol. The molecule has 2 aliphatic heterocycles. The van der Waals surface area contributed by atoms with E-state index in [4.69, 9.17) is 9.47 Å². The highest BCUT2D eigenvalue weighted by atomic mass is 16.5. The molecule has 0 radical (unpaired) electrons. The number of carbonyl (C=O) groups excluding carboxylic acids is 3. The first-order valence-corrected chi connectivity index (χ1v) is 19.5. The molecule has 0 atom stereocenters. The maximum absolute atomic E-state index is 13.5. The van der Waals surface area contributed by atoms with Crippen molar-refractivity contribution in [2.45, 2.75) is 69.2 Å². The van der Waals surface area contributed by atoms with Crippen LogP contribution < -0.4 is 20.7 Å². The topological polar surface area (TPSA) is 153 Å². The van der Waals surface area contributed by atoms with Gasteiger partial charge in [-0.3, -0.25) is 14.4 Å². The highest BCUT2D eigenvalue weighted by Crippen LogP contribution is 2.45. The lowest BCUT2D eigenvalue weighted by Gasteiger charge is -2.42. The Morgan fingerprint density at radius 1 is 0.963 bits per heavy atom. The smallest absolute Gasteiger partial charge is 0.262 e. The molecule has 5 N–H and O–H groups in total. The maximum atomic E-state index is 13.5. The molecule has 0 bridgehead atoms. The van der Waals surface area contributed by atoms with E-state index in [1.807, 2.05) is 29.2 Å². The molecule has 1 aliphatic carbocycles. The maximum Gasteiger partial charge on any atom is 0.262 e. The zero-order valence-corrected chi connectivity index (χ0v) is 31.4. The van der Waals surface area contributed by atoms with Crippen LogP contribution in [0.3, 0.4) is 0 Å². The Kier molecular flexibility index (Phi) is 13.4. The van der Waals surface area contributed by atoms with Gasteiger partial charge in [0.05, 0.1) is 19.6 Å². The highest BCUT2D eigenvalue weighted by molar-refractivity contribution is 5.97. The Morgan fingerprint density at radius 3 is 2.50 bits per heavy atom. The summed E-state index contributed by atoms with van der Waals surface area (Å²) in [5.74, 6) is 0.232. The molecule has 12 heteroatoms. The SMILES string of the molecule is CN1CCC(c2ccccc2)(c2cc(C(=O)NCCOCCC(=O)N(CCNCCc3ccc(O)c4c3OCC(=O)N4)C3CCCCC3)ccc2O)CC1. The van der Waals surface area contributed by atoms with Gasteiger partial charge in [0.25, 0.3) is 11.8 Å². The number of nitrogens with one attached hydrogen (secondary N) is 3. The molecule has 3 aliphatic rings. The Balaban J connectivity index is 0.954. The number of nitrogens with zero attached hydrogens (tertiary/aromatic N) is 2. The van der Waals surface area contributed by atoms with Crippen molar-refractivity contribution < 1.29 is 34.1 Å². The van der Waals surface area contributed by atoms with Crippen molar-refractivity contribution in [3.63, 3.8) is 0 Å². The molecule has 0 aromatic heterocycles. The lowest BCUT2D eigenvalue weighted by atomic mass is 9.67. The lowest BCUT2D eigenvalue weighted by Crippen LogP contribution is -2.45. The van der Waals surface area contributed by atoms with Crippen molar-refractivity contribution in [1.82, 2.24) is 20.4 Å². The quantitative estimate of drug-likeness (QED) is 0.105. The van der Waals surface area contributed by atoms with Gasteiger partial charge >= 0.3 is 0 Å². The van der Waals surface area contributed by atoms with Gasteiger partial charge in [-0.1, -0.05) is 55.7 Å². The van der Waals surface area contributed by atoms with Crippen molar-refractivity contribution in [2.75, 3.05) is 71.5 Å². The molecule has 2 heterocycles. The number of phenolic OH excluding ortho intramolecular Hbond substituents is 2. The zero-order chi connectivity index (χ0) is 37.9. The van der Waals surface area contributed by atoms with Gasteiger partial charge in [-0.15, -0.1) is 0 Å². The first-order chi connectivity index (χ1) is 26.2. The molecular weight excluding hydrogens is 686 g/mol. The molecule has 3 amide bonds. The van der Waals surface area contributed by atoms with E-state index in [0.717, 1.165) is 68.3 Å². The molecule has 290 valence electrons. The van der Waals surface area contributed by atoms with Crippen LogP contribution in [-0.4, -0.2) is 110 Å². The van der Waals surface area contributed by atoms with Crippen LogP contribution in [0.2, 0.25) is 0 Å². The lowest BCUT2D eigenvalue weighted by molar-refractivity contribution is -0.135. The minimum absolute atomic E-state index is 0.0202. The standard InChI is InChI=1S/C42H55N5O7/c1-46-23-18-42(19-24-46,32-8-4-2-5-9-32)34-28-31(13-14-35(34)48)41(52)44-22-27-53-26-17-38(51)47(33-10-6-3-7-11-33)25-21-43-20-16-30-12-15-36(49)39-40(30)54-29-37(50)45-39/h2,4-5,8-9,12-15,28,33,43,48-49H,3,6-7,10-11,16-27,29H2,1H3,(H,44,52)(H,45,50). The van der Waals surface area contributed by atoms with Gasteiger partial charge in [0.2, 0.25) is 5.91 Å². The molecule has 3 aromatic carbocycles. The fraction of sp³-hybridized carbons (Fsp3) is 0.500. The molecule has 12 nitrogen and oxygen atoms in total. The molecule has 2 fully saturated rings. The minimum atomic E-state index is -0.379. The molecule has 54 heavy (non-hydrogen) atoms. The number of aromatic hydroxyl groups is 2. The van der Waals surface area contributed by atoms with Crippen LogP contribution in [0.5, 0.6) is 17.2 Å². The number of ether oxygens (including phenoxy) is 2. The van der Waals surface area contributed by atoms with Gasteiger partial charge < -0.3 is 45.4 Å². The summed E-state index contributed by atoms with van der Waals surface area (Å²) in [6, 6.07) is 19.0.